The summed E-state index contributed by atoms with van der Waals surface area (Å²) in [4.78, 5) is 44.8. The summed E-state index contributed by atoms with van der Waals surface area (Å²) in [6, 6.07) is 7.19. The lowest BCUT2D eigenvalue weighted by Crippen LogP contribution is -2.19. The molecule has 0 unspecified atom stereocenters. The summed E-state index contributed by atoms with van der Waals surface area (Å²) < 4.78 is 0. The molecule has 23 heavy (non-hydrogen) atoms. The van der Waals surface area contributed by atoms with E-state index in [1.807, 2.05) is 0 Å². The Hall–Kier alpha value is -3.42. The van der Waals surface area contributed by atoms with E-state index in [4.69, 9.17) is 0 Å². The van der Waals surface area contributed by atoms with Crippen molar-refractivity contribution in [2.24, 2.45) is 0 Å². The van der Waals surface area contributed by atoms with Crippen LogP contribution in [0, 0.1) is 10.1 Å². The number of nitro groups is 1. The highest BCUT2D eigenvalue weighted by Crippen LogP contribution is 2.17. The molecule has 0 fully saturated rings. The van der Waals surface area contributed by atoms with Crippen LogP contribution in [0.5, 0.6) is 0 Å². The number of Topliss-reactive ketones (excluding diaryl/α,β-unsaturated/α-hetero) is 1. The molecular formula is C15H10N4O4. The van der Waals surface area contributed by atoms with Gasteiger partial charge in [-0.1, -0.05) is 0 Å². The van der Waals surface area contributed by atoms with Crippen LogP contribution >= 0.6 is 0 Å². The summed E-state index contributed by atoms with van der Waals surface area (Å²) in [5.41, 5.74) is 0.382. The minimum Gasteiger partial charge on any atom is -0.319 e. The van der Waals surface area contributed by atoms with Crippen LogP contribution in [0.15, 0.2) is 47.5 Å². The number of ketones is 1. The summed E-state index contributed by atoms with van der Waals surface area (Å²) in [6.45, 7) is 0. The van der Waals surface area contributed by atoms with Gasteiger partial charge in [-0.25, -0.2) is 4.98 Å². The number of non-ortho nitro benzene ring substituents is 1. The molecule has 1 N–H and O–H groups in total. The van der Waals surface area contributed by atoms with E-state index in [1.165, 1.54) is 24.4 Å². The van der Waals surface area contributed by atoms with Gasteiger partial charge in [0.2, 0.25) is 0 Å². The Balaban J connectivity index is 1.97. The van der Waals surface area contributed by atoms with Crippen LogP contribution in [0.25, 0.3) is 11.0 Å². The molecule has 2 heterocycles. The van der Waals surface area contributed by atoms with E-state index >= 15 is 0 Å². The Labute approximate surface area is 129 Å². The van der Waals surface area contributed by atoms with Gasteiger partial charge < -0.3 is 4.98 Å². The molecular weight excluding hydrogens is 300 g/mol. The third kappa shape index (κ3) is 2.95. The molecule has 3 aromatic rings. The Bertz CT molecular complexity index is 966. The van der Waals surface area contributed by atoms with Gasteiger partial charge >= 0.3 is 0 Å². The molecule has 8 heteroatoms. The van der Waals surface area contributed by atoms with Crippen molar-refractivity contribution in [2.75, 3.05) is 0 Å². The molecule has 0 saturated carbocycles. The second kappa shape index (κ2) is 5.76. The topological polar surface area (TPSA) is 119 Å². The van der Waals surface area contributed by atoms with E-state index < -0.39 is 10.5 Å². The normalized spacial score (nSPS) is 10.6. The number of carbonyl (C=O) groups excluding carboxylic acids is 1. The molecule has 0 amide bonds. The summed E-state index contributed by atoms with van der Waals surface area (Å²) in [5.74, 6) is -0.280. The predicted molar refractivity (Wildman–Crippen MR) is 81.3 cm³/mol. The number of pyridine rings is 1. The molecule has 3 rings (SSSR count). The molecule has 8 nitrogen and oxygen atoms in total. The van der Waals surface area contributed by atoms with Gasteiger partial charge in [0.25, 0.3) is 11.2 Å². The van der Waals surface area contributed by atoms with E-state index in [0.717, 1.165) is 0 Å². The Morgan fingerprint density at radius 1 is 1.30 bits per heavy atom. The van der Waals surface area contributed by atoms with Gasteiger partial charge in [0.15, 0.2) is 5.78 Å². The van der Waals surface area contributed by atoms with E-state index in [9.17, 15) is 19.7 Å². The minimum absolute atomic E-state index is 0.0557. The minimum atomic E-state index is -0.558. The van der Waals surface area contributed by atoms with Crippen LogP contribution in [-0.4, -0.2) is 25.7 Å². The van der Waals surface area contributed by atoms with Crippen molar-refractivity contribution in [3.05, 3.63) is 74.5 Å². The highest BCUT2D eigenvalue weighted by Gasteiger charge is 2.14. The van der Waals surface area contributed by atoms with Gasteiger partial charge in [0.05, 0.1) is 22.4 Å². The molecule has 0 radical (unpaired) electrons. The van der Waals surface area contributed by atoms with Crippen molar-refractivity contribution in [3.8, 4) is 0 Å². The fraction of sp³-hybridized carbons (Fsp3) is 0.0667. The fourth-order valence-corrected chi connectivity index (χ4v) is 2.13. The third-order valence-corrected chi connectivity index (χ3v) is 3.27. The molecule has 0 aliphatic heterocycles. The van der Waals surface area contributed by atoms with Crippen molar-refractivity contribution >= 4 is 22.5 Å². The maximum Gasteiger partial charge on any atom is 0.271 e. The average Bonchev–Trinajstić information content (AvgIpc) is 2.55. The Kier molecular flexibility index (Phi) is 3.63. The van der Waals surface area contributed by atoms with Gasteiger partial charge in [-0.15, -0.1) is 0 Å². The van der Waals surface area contributed by atoms with Gasteiger partial charge in [0, 0.05) is 30.1 Å². The number of aromatic nitrogens is 3. The molecule has 1 aromatic carbocycles. The van der Waals surface area contributed by atoms with Crippen LogP contribution in [0.1, 0.15) is 16.1 Å². The van der Waals surface area contributed by atoms with Gasteiger partial charge in [0.1, 0.15) is 5.69 Å². The summed E-state index contributed by atoms with van der Waals surface area (Å²) in [5, 5.41) is 10.7. The quantitative estimate of drug-likeness (QED) is 0.444. The number of fused-ring (bicyclic) bond motifs is 1. The van der Waals surface area contributed by atoms with Crippen molar-refractivity contribution < 1.29 is 9.72 Å². The van der Waals surface area contributed by atoms with Crippen molar-refractivity contribution in [3.63, 3.8) is 0 Å². The van der Waals surface area contributed by atoms with Crippen molar-refractivity contribution in [1.29, 1.82) is 0 Å². The zero-order valence-electron chi connectivity index (χ0n) is 11.7. The lowest BCUT2D eigenvalue weighted by atomic mass is 10.1. The van der Waals surface area contributed by atoms with Gasteiger partial charge in [-0.3, -0.25) is 24.7 Å². The number of H-pyrrole nitrogens is 1. The first-order valence-electron chi connectivity index (χ1n) is 6.65. The summed E-state index contributed by atoms with van der Waals surface area (Å²) >= 11 is 0. The molecule has 0 aliphatic rings. The van der Waals surface area contributed by atoms with E-state index in [0.29, 0.717) is 11.1 Å². The second-order valence-electron chi connectivity index (χ2n) is 4.81. The Morgan fingerprint density at radius 2 is 2.13 bits per heavy atom. The number of nitrogens with one attached hydrogen (secondary N) is 1. The molecule has 0 atom stereocenters. The monoisotopic (exact) mass is 310 g/mol. The smallest absolute Gasteiger partial charge is 0.271 e. The van der Waals surface area contributed by atoms with E-state index in [2.05, 4.69) is 15.0 Å². The standard InChI is InChI=1S/C15H10N4O4/c20-14(9-2-1-5-16-8-9)7-13-15(21)18-12-6-10(19(22)23)3-4-11(12)17-13/h1-6,8H,7H2,(H,18,21). The van der Waals surface area contributed by atoms with Crippen LogP contribution < -0.4 is 5.56 Å². The fourth-order valence-electron chi connectivity index (χ4n) is 2.13. The van der Waals surface area contributed by atoms with Gasteiger partial charge in [-0.2, -0.15) is 0 Å². The molecule has 114 valence electrons. The number of hydrogen-bond donors (Lipinski definition) is 1. The number of nitrogens with zero attached hydrogens (tertiary/aromatic N) is 3. The third-order valence-electron chi connectivity index (χ3n) is 3.27. The van der Waals surface area contributed by atoms with Crippen LogP contribution in [-0.2, 0) is 6.42 Å². The number of aromatic amines is 1. The first-order chi connectivity index (χ1) is 11.0. The van der Waals surface area contributed by atoms with Crippen LogP contribution in [0.2, 0.25) is 0 Å². The lowest BCUT2D eigenvalue weighted by molar-refractivity contribution is -0.384. The average molecular weight is 310 g/mol. The Morgan fingerprint density at radius 3 is 2.83 bits per heavy atom. The number of rotatable bonds is 4. The summed E-state index contributed by atoms with van der Waals surface area (Å²) in [7, 11) is 0. The van der Waals surface area contributed by atoms with Crippen LogP contribution in [0.4, 0.5) is 5.69 Å². The second-order valence-corrected chi connectivity index (χ2v) is 4.81. The highest BCUT2D eigenvalue weighted by atomic mass is 16.6. The number of benzene rings is 1. The largest absolute Gasteiger partial charge is 0.319 e. The predicted octanol–water partition coefficient (Wildman–Crippen LogP) is 1.65. The van der Waals surface area contributed by atoms with Crippen molar-refractivity contribution in [2.45, 2.75) is 6.42 Å². The molecule has 0 spiro atoms. The zero-order valence-corrected chi connectivity index (χ0v) is 11.7. The zero-order chi connectivity index (χ0) is 16.4. The van der Waals surface area contributed by atoms with Gasteiger partial charge in [-0.05, 0) is 18.2 Å². The summed E-state index contributed by atoms with van der Waals surface area (Å²) in [6.07, 6.45) is 2.79. The van der Waals surface area contributed by atoms with E-state index in [1.54, 1.807) is 18.3 Å². The van der Waals surface area contributed by atoms with Crippen LogP contribution in [0.3, 0.4) is 0 Å². The maximum atomic E-state index is 12.1. The molecule has 2 aromatic heterocycles. The van der Waals surface area contributed by atoms with E-state index in [-0.39, 0.29) is 29.1 Å². The number of hydrogen-bond acceptors (Lipinski definition) is 6. The SMILES string of the molecule is O=C(Cc1nc2ccc([N+](=O)[O-])cc2[nH]c1=O)c1cccnc1. The molecule has 0 aliphatic carbocycles. The first-order valence-corrected chi connectivity index (χ1v) is 6.65. The maximum absolute atomic E-state index is 12.1. The first kappa shape index (κ1) is 14.5. The number of nitro benzene ring substituents is 1. The number of carbonyl (C=O) groups is 1. The molecule has 0 bridgehead atoms. The highest BCUT2D eigenvalue weighted by molar-refractivity contribution is 5.97. The lowest BCUT2D eigenvalue weighted by Gasteiger charge is -2.02. The van der Waals surface area contributed by atoms with Crippen molar-refractivity contribution in [1.82, 2.24) is 15.0 Å². The molecule has 0 saturated heterocycles.